The Morgan fingerprint density at radius 1 is 1.35 bits per heavy atom. The lowest BCUT2D eigenvalue weighted by molar-refractivity contribution is 0.0761. The van der Waals surface area contributed by atoms with E-state index in [9.17, 15) is 0 Å². The van der Waals surface area contributed by atoms with E-state index in [0.717, 1.165) is 0 Å². The lowest BCUT2D eigenvalue weighted by Crippen LogP contribution is -2.47. The molecule has 3 rings (SSSR count). The smallest absolute Gasteiger partial charge is 0.0331 e. The molecule has 1 aromatic heterocycles. The lowest BCUT2D eigenvalue weighted by atomic mass is 9.73. The van der Waals surface area contributed by atoms with Gasteiger partial charge in [0.1, 0.15) is 0 Å². The van der Waals surface area contributed by atoms with E-state index < -0.39 is 0 Å². The maximum Gasteiger partial charge on any atom is 0.0331 e. The van der Waals surface area contributed by atoms with Gasteiger partial charge in [0.2, 0.25) is 0 Å². The minimum Gasteiger partial charge on any atom is -0.319 e. The van der Waals surface area contributed by atoms with E-state index in [0.29, 0.717) is 11.5 Å². The van der Waals surface area contributed by atoms with Crippen LogP contribution in [0, 0.1) is 5.41 Å². The van der Waals surface area contributed by atoms with Gasteiger partial charge in [0.15, 0.2) is 0 Å². The average molecular weight is 292 g/mol. The van der Waals surface area contributed by atoms with E-state index in [-0.39, 0.29) is 0 Å². The van der Waals surface area contributed by atoms with Crippen LogP contribution in [0.4, 0.5) is 0 Å². The molecule has 1 aliphatic heterocycles. The summed E-state index contributed by atoms with van der Waals surface area (Å²) < 4.78 is 0. The molecule has 0 saturated heterocycles. The minimum atomic E-state index is 0.523. The molecule has 1 fully saturated rings. The Labute approximate surface area is 127 Å². The molecule has 1 aliphatic carbocycles. The first-order valence-electron chi connectivity index (χ1n) is 8.19. The fourth-order valence-corrected chi connectivity index (χ4v) is 5.24. The Kier molecular flexibility index (Phi) is 4.49. The third-order valence-corrected chi connectivity index (χ3v) is 6.40. The van der Waals surface area contributed by atoms with Crippen molar-refractivity contribution in [1.82, 2.24) is 10.2 Å². The number of thiophene rings is 1. The summed E-state index contributed by atoms with van der Waals surface area (Å²) in [5, 5.41) is 5.74. The van der Waals surface area contributed by atoms with Crippen LogP contribution in [-0.4, -0.2) is 31.6 Å². The Bertz CT molecular complexity index is 428. The van der Waals surface area contributed by atoms with Crippen LogP contribution in [0.3, 0.4) is 0 Å². The highest BCUT2D eigenvalue weighted by molar-refractivity contribution is 7.10. The summed E-state index contributed by atoms with van der Waals surface area (Å²) in [5.41, 5.74) is 2.12. The van der Waals surface area contributed by atoms with E-state index in [1.54, 1.807) is 10.4 Å². The summed E-state index contributed by atoms with van der Waals surface area (Å²) in [6.07, 6.45) is 8.37. The van der Waals surface area contributed by atoms with Gasteiger partial charge in [0.05, 0.1) is 0 Å². The van der Waals surface area contributed by atoms with Crippen molar-refractivity contribution in [2.24, 2.45) is 5.41 Å². The van der Waals surface area contributed by atoms with Gasteiger partial charge in [-0.3, -0.25) is 4.90 Å². The van der Waals surface area contributed by atoms with E-state index in [4.69, 9.17) is 0 Å². The van der Waals surface area contributed by atoms with E-state index >= 15 is 0 Å². The normalized spacial score (nSPS) is 26.4. The monoisotopic (exact) mass is 292 g/mol. The van der Waals surface area contributed by atoms with Gasteiger partial charge < -0.3 is 5.32 Å². The van der Waals surface area contributed by atoms with Gasteiger partial charge in [0.25, 0.3) is 0 Å². The van der Waals surface area contributed by atoms with Gasteiger partial charge in [-0.15, -0.1) is 11.3 Å². The molecule has 0 spiro atoms. The van der Waals surface area contributed by atoms with Crippen molar-refractivity contribution in [1.29, 1.82) is 0 Å². The fraction of sp³-hybridized carbons (Fsp3) is 0.765. The Balaban J connectivity index is 1.73. The molecule has 2 heterocycles. The van der Waals surface area contributed by atoms with E-state index in [1.807, 2.05) is 11.3 Å². The van der Waals surface area contributed by atoms with Gasteiger partial charge in [0, 0.05) is 30.6 Å². The summed E-state index contributed by atoms with van der Waals surface area (Å²) in [5.74, 6) is 0. The number of nitrogens with zero attached hydrogens (tertiary/aromatic N) is 1. The molecule has 20 heavy (non-hydrogen) atoms. The molecule has 112 valence electrons. The summed E-state index contributed by atoms with van der Waals surface area (Å²) in [4.78, 5) is 4.37. The van der Waals surface area contributed by atoms with Crippen LogP contribution in [0.5, 0.6) is 0 Å². The second-order valence-electron chi connectivity index (χ2n) is 6.79. The SMILES string of the molecule is CNCC1(CN2CCc3sccc3C2C)CCCCC1. The maximum atomic E-state index is 3.47. The molecule has 0 bridgehead atoms. The third kappa shape index (κ3) is 2.81. The average Bonchev–Trinajstić information content (AvgIpc) is 2.93. The molecule has 1 saturated carbocycles. The Morgan fingerprint density at radius 3 is 2.90 bits per heavy atom. The van der Waals surface area contributed by atoms with Crippen molar-refractivity contribution >= 4 is 11.3 Å². The number of hydrogen-bond donors (Lipinski definition) is 1. The number of hydrogen-bond acceptors (Lipinski definition) is 3. The second kappa shape index (κ2) is 6.17. The Hall–Kier alpha value is -0.380. The number of rotatable bonds is 4. The van der Waals surface area contributed by atoms with Crippen LogP contribution in [0.25, 0.3) is 0 Å². The van der Waals surface area contributed by atoms with Gasteiger partial charge >= 0.3 is 0 Å². The zero-order chi connectivity index (χ0) is 14.0. The van der Waals surface area contributed by atoms with Gasteiger partial charge in [-0.2, -0.15) is 0 Å². The quantitative estimate of drug-likeness (QED) is 0.907. The van der Waals surface area contributed by atoms with Crippen LogP contribution in [0.1, 0.15) is 55.5 Å². The number of nitrogens with one attached hydrogen (secondary N) is 1. The number of fused-ring (bicyclic) bond motifs is 1. The van der Waals surface area contributed by atoms with Crippen LogP contribution >= 0.6 is 11.3 Å². The lowest BCUT2D eigenvalue weighted by Gasteiger charge is -2.44. The summed E-state index contributed by atoms with van der Waals surface area (Å²) >= 11 is 1.95. The first kappa shape index (κ1) is 14.6. The highest BCUT2D eigenvalue weighted by atomic mass is 32.1. The first-order chi connectivity index (χ1) is 9.74. The van der Waals surface area contributed by atoms with E-state index in [2.05, 4.69) is 35.6 Å². The molecule has 1 atom stereocenters. The van der Waals surface area contributed by atoms with Gasteiger partial charge in [-0.05, 0) is 55.7 Å². The van der Waals surface area contributed by atoms with Crippen LogP contribution in [-0.2, 0) is 6.42 Å². The fourth-order valence-electron chi connectivity index (χ4n) is 4.28. The topological polar surface area (TPSA) is 15.3 Å². The highest BCUT2D eigenvalue weighted by Crippen LogP contribution is 2.40. The van der Waals surface area contributed by atoms with Crippen molar-refractivity contribution < 1.29 is 0 Å². The van der Waals surface area contributed by atoms with Crippen molar-refractivity contribution in [3.8, 4) is 0 Å². The molecule has 0 aromatic carbocycles. The first-order valence-corrected chi connectivity index (χ1v) is 9.07. The van der Waals surface area contributed by atoms with Crippen molar-refractivity contribution in [2.75, 3.05) is 26.7 Å². The molecular formula is C17H28N2S. The van der Waals surface area contributed by atoms with Crippen molar-refractivity contribution in [2.45, 2.75) is 51.5 Å². The largest absolute Gasteiger partial charge is 0.319 e. The molecule has 2 aliphatic rings. The van der Waals surface area contributed by atoms with Crippen LogP contribution in [0.15, 0.2) is 11.4 Å². The zero-order valence-corrected chi connectivity index (χ0v) is 13.8. The molecule has 0 amide bonds. The van der Waals surface area contributed by atoms with E-state index in [1.165, 1.54) is 58.2 Å². The highest BCUT2D eigenvalue weighted by Gasteiger charge is 2.36. The third-order valence-electron chi connectivity index (χ3n) is 5.41. The minimum absolute atomic E-state index is 0.523. The summed E-state index contributed by atoms with van der Waals surface area (Å²) in [7, 11) is 2.12. The predicted octanol–water partition coefficient (Wildman–Crippen LogP) is 3.84. The molecule has 2 nitrogen and oxygen atoms in total. The van der Waals surface area contributed by atoms with Gasteiger partial charge in [-0.25, -0.2) is 0 Å². The second-order valence-corrected chi connectivity index (χ2v) is 7.79. The van der Waals surface area contributed by atoms with Crippen molar-refractivity contribution in [3.63, 3.8) is 0 Å². The molecule has 1 N–H and O–H groups in total. The standard InChI is InChI=1S/C17H28N2S/c1-14-15-7-11-20-16(15)6-10-19(14)13-17(12-18-2)8-4-3-5-9-17/h7,11,14,18H,3-6,8-10,12-13H2,1-2H3. The van der Waals surface area contributed by atoms with Crippen molar-refractivity contribution in [3.05, 3.63) is 21.9 Å². The van der Waals surface area contributed by atoms with Gasteiger partial charge in [-0.1, -0.05) is 19.3 Å². The maximum absolute atomic E-state index is 3.47. The molecule has 0 radical (unpaired) electrons. The molecule has 1 aromatic rings. The predicted molar refractivity (Wildman–Crippen MR) is 87.5 cm³/mol. The summed E-state index contributed by atoms with van der Waals surface area (Å²) in [6, 6.07) is 2.96. The molecule has 1 unspecified atom stereocenters. The molecule has 3 heteroatoms. The zero-order valence-electron chi connectivity index (χ0n) is 13.0. The Morgan fingerprint density at radius 2 is 2.15 bits per heavy atom. The van der Waals surface area contributed by atoms with Crippen LogP contribution in [0.2, 0.25) is 0 Å². The summed E-state index contributed by atoms with van der Waals surface area (Å²) in [6.45, 7) is 6.12. The van der Waals surface area contributed by atoms with Crippen LogP contribution < -0.4 is 5.32 Å². The molecular weight excluding hydrogens is 264 g/mol.